The molecule has 0 saturated heterocycles. The average Bonchev–Trinajstić information content (AvgIpc) is 2.22. The standard InChI is InChI=1S/C13H21NO/c1-5-11(4)15-13-9(2)6-12(8-14)7-10(13)3/h6-7,11H,5,8,14H2,1-4H3. The molecule has 0 fully saturated rings. The summed E-state index contributed by atoms with van der Waals surface area (Å²) >= 11 is 0. The van der Waals surface area contributed by atoms with E-state index >= 15 is 0 Å². The normalized spacial score (nSPS) is 12.6. The van der Waals surface area contributed by atoms with E-state index in [1.54, 1.807) is 0 Å². The minimum absolute atomic E-state index is 0.270. The van der Waals surface area contributed by atoms with Gasteiger partial charge in [-0.25, -0.2) is 0 Å². The Morgan fingerprint density at radius 2 is 1.80 bits per heavy atom. The van der Waals surface area contributed by atoms with Crippen molar-refractivity contribution in [2.75, 3.05) is 0 Å². The van der Waals surface area contributed by atoms with Gasteiger partial charge in [-0.1, -0.05) is 19.1 Å². The molecule has 0 aliphatic heterocycles. The molecule has 0 heterocycles. The fourth-order valence-electron chi connectivity index (χ4n) is 1.63. The SMILES string of the molecule is CCC(C)Oc1c(C)cc(CN)cc1C. The maximum absolute atomic E-state index is 5.88. The highest BCUT2D eigenvalue weighted by Gasteiger charge is 2.08. The molecule has 1 unspecified atom stereocenters. The van der Waals surface area contributed by atoms with Crippen molar-refractivity contribution in [2.24, 2.45) is 5.73 Å². The Balaban J connectivity index is 2.98. The third kappa shape index (κ3) is 2.96. The predicted molar refractivity (Wildman–Crippen MR) is 64.2 cm³/mol. The maximum Gasteiger partial charge on any atom is 0.125 e. The maximum atomic E-state index is 5.88. The molecule has 0 saturated carbocycles. The van der Waals surface area contributed by atoms with Crippen molar-refractivity contribution in [1.82, 2.24) is 0 Å². The van der Waals surface area contributed by atoms with Gasteiger partial charge < -0.3 is 10.5 Å². The van der Waals surface area contributed by atoms with Crippen molar-refractivity contribution in [2.45, 2.75) is 46.8 Å². The van der Waals surface area contributed by atoms with Gasteiger partial charge in [-0.3, -0.25) is 0 Å². The summed E-state index contributed by atoms with van der Waals surface area (Å²) in [7, 11) is 0. The van der Waals surface area contributed by atoms with Crippen LogP contribution in [0.5, 0.6) is 5.75 Å². The largest absolute Gasteiger partial charge is 0.490 e. The van der Waals surface area contributed by atoms with Gasteiger partial charge in [0.05, 0.1) is 6.10 Å². The summed E-state index contributed by atoms with van der Waals surface area (Å²) in [5, 5.41) is 0. The summed E-state index contributed by atoms with van der Waals surface area (Å²) in [5.41, 5.74) is 9.15. The molecule has 84 valence electrons. The number of ether oxygens (including phenoxy) is 1. The molecule has 0 aliphatic rings. The number of rotatable bonds is 4. The Labute approximate surface area is 92.4 Å². The van der Waals surface area contributed by atoms with Gasteiger partial charge in [0.25, 0.3) is 0 Å². The van der Waals surface area contributed by atoms with E-state index in [1.807, 2.05) is 0 Å². The Hall–Kier alpha value is -1.02. The number of benzene rings is 1. The molecule has 1 aromatic carbocycles. The van der Waals surface area contributed by atoms with Crippen LogP contribution in [0.25, 0.3) is 0 Å². The second-order valence-electron chi connectivity index (χ2n) is 4.10. The Morgan fingerprint density at radius 1 is 1.27 bits per heavy atom. The van der Waals surface area contributed by atoms with Crippen molar-refractivity contribution in [3.63, 3.8) is 0 Å². The Morgan fingerprint density at radius 3 is 2.20 bits per heavy atom. The topological polar surface area (TPSA) is 35.2 Å². The smallest absolute Gasteiger partial charge is 0.125 e. The van der Waals surface area contributed by atoms with Crippen molar-refractivity contribution in [3.05, 3.63) is 28.8 Å². The van der Waals surface area contributed by atoms with Crippen LogP contribution in [0.3, 0.4) is 0 Å². The first-order valence-electron chi connectivity index (χ1n) is 5.55. The van der Waals surface area contributed by atoms with E-state index in [-0.39, 0.29) is 6.10 Å². The van der Waals surface area contributed by atoms with Crippen LogP contribution in [0.2, 0.25) is 0 Å². The highest BCUT2D eigenvalue weighted by atomic mass is 16.5. The van der Waals surface area contributed by atoms with Gasteiger partial charge in [0.15, 0.2) is 0 Å². The van der Waals surface area contributed by atoms with Crippen LogP contribution < -0.4 is 10.5 Å². The van der Waals surface area contributed by atoms with Crippen LogP contribution in [0.15, 0.2) is 12.1 Å². The van der Waals surface area contributed by atoms with Gasteiger partial charge in [-0.15, -0.1) is 0 Å². The number of aryl methyl sites for hydroxylation is 2. The van der Waals surface area contributed by atoms with Gasteiger partial charge >= 0.3 is 0 Å². The van der Waals surface area contributed by atoms with Crippen LogP contribution >= 0.6 is 0 Å². The number of nitrogens with two attached hydrogens (primary N) is 1. The zero-order valence-corrected chi connectivity index (χ0v) is 10.1. The highest BCUT2D eigenvalue weighted by molar-refractivity contribution is 5.43. The fraction of sp³-hybridized carbons (Fsp3) is 0.538. The third-order valence-corrected chi connectivity index (χ3v) is 2.65. The van der Waals surface area contributed by atoms with E-state index in [9.17, 15) is 0 Å². The van der Waals surface area contributed by atoms with Crippen LogP contribution in [0.1, 0.15) is 37.0 Å². The lowest BCUT2D eigenvalue weighted by molar-refractivity contribution is 0.214. The molecular formula is C13H21NO. The average molecular weight is 207 g/mol. The van der Waals surface area contributed by atoms with Gasteiger partial charge in [0.2, 0.25) is 0 Å². The van der Waals surface area contributed by atoms with Gasteiger partial charge in [-0.05, 0) is 43.9 Å². The quantitative estimate of drug-likeness (QED) is 0.824. The van der Waals surface area contributed by atoms with E-state index in [1.165, 1.54) is 16.7 Å². The summed E-state index contributed by atoms with van der Waals surface area (Å²) in [6, 6.07) is 4.20. The van der Waals surface area contributed by atoms with Gasteiger partial charge in [0, 0.05) is 6.54 Å². The molecule has 1 aromatic rings. The molecule has 0 amide bonds. The van der Waals surface area contributed by atoms with Crippen LogP contribution in [0.4, 0.5) is 0 Å². The molecule has 0 radical (unpaired) electrons. The molecule has 1 rings (SSSR count). The van der Waals surface area contributed by atoms with E-state index in [2.05, 4.69) is 39.8 Å². The van der Waals surface area contributed by atoms with Crippen LogP contribution in [-0.4, -0.2) is 6.10 Å². The molecular weight excluding hydrogens is 186 g/mol. The Bertz CT molecular complexity index is 310. The monoisotopic (exact) mass is 207 g/mol. The highest BCUT2D eigenvalue weighted by Crippen LogP contribution is 2.26. The van der Waals surface area contributed by atoms with E-state index in [0.717, 1.165) is 12.2 Å². The van der Waals surface area contributed by atoms with Crippen molar-refractivity contribution < 1.29 is 4.74 Å². The van der Waals surface area contributed by atoms with Crippen LogP contribution in [-0.2, 0) is 6.54 Å². The second-order valence-corrected chi connectivity index (χ2v) is 4.10. The molecule has 0 aliphatic carbocycles. The lowest BCUT2D eigenvalue weighted by Gasteiger charge is -2.17. The fourth-order valence-corrected chi connectivity index (χ4v) is 1.63. The zero-order valence-electron chi connectivity index (χ0n) is 10.1. The van der Waals surface area contributed by atoms with Gasteiger partial charge in [0.1, 0.15) is 5.75 Å². The zero-order chi connectivity index (χ0) is 11.4. The first-order valence-corrected chi connectivity index (χ1v) is 5.55. The van der Waals surface area contributed by atoms with Crippen molar-refractivity contribution in [1.29, 1.82) is 0 Å². The molecule has 2 N–H and O–H groups in total. The van der Waals surface area contributed by atoms with E-state index in [4.69, 9.17) is 10.5 Å². The van der Waals surface area contributed by atoms with Crippen molar-refractivity contribution >= 4 is 0 Å². The summed E-state index contributed by atoms with van der Waals surface area (Å²) in [6.45, 7) is 8.96. The first-order chi connectivity index (χ1) is 7.08. The summed E-state index contributed by atoms with van der Waals surface area (Å²) in [5.74, 6) is 1.02. The predicted octanol–water partition coefficient (Wildman–Crippen LogP) is 2.94. The van der Waals surface area contributed by atoms with E-state index < -0.39 is 0 Å². The van der Waals surface area contributed by atoms with Gasteiger partial charge in [-0.2, -0.15) is 0 Å². The first kappa shape index (κ1) is 12.1. The number of hydrogen-bond acceptors (Lipinski definition) is 2. The number of hydrogen-bond donors (Lipinski definition) is 1. The summed E-state index contributed by atoms with van der Waals surface area (Å²) < 4.78 is 5.88. The van der Waals surface area contributed by atoms with E-state index in [0.29, 0.717) is 6.54 Å². The molecule has 0 bridgehead atoms. The minimum Gasteiger partial charge on any atom is -0.490 e. The molecule has 0 aromatic heterocycles. The second kappa shape index (κ2) is 5.17. The van der Waals surface area contributed by atoms with Crippen LogP contribution in [0, 0.1) is 13.8 Å². The third-order valence-electron chi connectivity index (χ3n) is 2.65. The molecule has 2 heteroatoms. The molecule has 15 heavy (non-hydrogen) atoms. The summed E-state index contributed by atoms with van der Waals surface area (Å²) in [4.78, 5) is 0. The molecule has 0 spiro atoms. The lowest BCUT2D eigenvalue weighted by atomic mass is 10.1. The van der Waals surface area contributed by atoms with Crippen molar-refractivity contribution in [3.8, 4) is 5.75 Å². The Kier molecular flexibility index (Phi) is 4.15. The molecule has 2 nitrogen and oxygen atoms in total. The lowest BCUT2D eigenvalue weighted by Crippen LogP contribution is -2.12. The molecule has 1 atom stereocenters. The minimum atomic E-state index is 0.270. The summed E-state index contributed by atoms with van der Waals surface area (Å²) in [6.07, 6.45) is 1.29.